The van der Waals surface area contributed by atoms with Crippen molar-refractivity contribution < 1.29 is 9.90 Å². The van der Waals surface area contributed by atoms with Gasteiger partial charge in [0.05, 0.1) is 11.7 Å². The Kier molecular flexibility index (Phi) is 5.72. The quantitative estimate of drug-likeness (QED) is 0.687. The maximum absolute atomic E-state index is 10.8. The smallest absolute Gasteiger partial charge is 0.354 e. The van der Waals surface area contributed by atoms with Crippen LogP contribution in [0.5, 0.6) is 0 Å². The molecule has 2 N–H and O–H groups in total. The molecule has 0 amide bonds. The topological polar surface area (TPSA) is 66.0 Å². The first-order valence-electron chi connectivity index (χ1n) is 6.85. The summed E-state index contributed by atoms with van der Waals surface area (Å²) in [6.45, 7) is 8.00. The first-order valence-corrected chi connectivity index (χ1v) is 6.85. The number of carboxylic acid groups (broad SMARTS) is 1. The van der Waals surface area contributed by atoms with Gasteiger partial charge in [-0.3, -0.25) is 0 Å². The second-order valence-electron chi connectivity index (χ2n) is 3.59. The maximum Gasteiger partial charge on any atom is 0.354 e. The summed E-state index contributed by atoms with van der Waals surface area (Å²) in [6, 6.07) is 9.37. The van der Waals surface area contributed by atoms with Crippen LogP contribution in [0.4, 0.5) is 0 Å². The normalized spacial score (nSPS) is 9.40. The number of aromatic carboxylic acids is 1. The molecule has 4 nitrogen and oxygen atoms in total. The number of pyridine rings is 1. The Balaban J connectivity index is 0.000000461. The van der Waals surface area contributed by atoms with Crippen molar-refractivity contribution in [3.63, 3.8) is 0 Å². The number of benzene rings is 1. The van der Waals surface area contributed by atoms with Gasteiger partial charge in [-0.1, -0.05) is 45.9 Å². The number of aromatic nitrogens is 2. The van der Waals surface area contributed by atoms with E-state index in [2.05, 4.69) is 9.97 Å². The number of para-hydroxylation sites is 1. The predicted molar refractivity (Wildman–Crippen MR) is 83.3 cm³/mol. The number of carbonyl (C=O) groups is 1. The van der Waals surface area contributed by atoms with Gasteiger partial charge < -0.3 is 10.1 Å². The maximum atomic E-state index is 10.8. The zero-order chi connectivity index (χ0) is 15.1. The Morgan fingerprint density at radius 2 is 1.70 bits per heavy atom. The van der Waals surface area contributed by atoms with E-state index >= 15 is 0 Å². The number of nitrogens with one attached hydrogen (secondary N) is 1. The molecule has 0 aliphatic rings. The second-order valence-corrected chi connectivity index (χ2v) is 3.59. The molecule has 0 unspecified atom stereocenters. The molecule has 1 aromatic carbocycles. The molecule has 0 fully saturated rings. The zero-order valence-electron chi connectivity index (χ0n) is 12.3. The van der Waals surface area contributed by atoms with Gasteiger partial charge in [-0.15, -0.1) is 0 Å². The van der Waals surface area contributed by atoms with Gasteiger partial charge >= 0.3 is 5.97 Å². The molecule has 0 aliphatic heterocycles. The number of rotatable bonds is 1. The first kappa shape index (κ1) is 15.7. The summed E-state index contributed by atoms with van der Waals surface area (Å²) in [5.74, 6) is -1.01. The molecule has 0 radical (unpaired) electrons. The van der Waals surface area contributed by atoms with E-state index in [-0.39, 0.29) is 5.69 Å². The van der Waals surface area contributed by atoms with Crippen molar-refractivity contribution in [2.45, 2.75) is 27.7 Å². The third-order valence-electron chi connectivity index (χ3n) is 2.61. The number of hydrogen-bond acceptors (Lipinski definition) is 2. The van der Waals surface area contributed by atoms with Crippen LogP contribution in [0.15, 0.2) is 36.5 Å². The molecule has 0 saturated carbocycles. The van der Waals surface area contributed by atoms with E-state index in [4.69, 9.17) is 5.11 Å². The van der Waals surface area contributed by atoms with Crippen LogP contribution in [0.1, 0.15) is 38.2 Å². The molecule has 0 bridgehead atoms. The lowest BCUT2D eigenvalue weighted by Gasteiger charge is -1.93. The fourth-order valence-electron chi connectivity index (χ4n) is 1.87. The second kappa shape index (κ2) is 7.28. The van der Waals surface area contributed by atoms with E-state index in [9.17, 15) is 4.79 Å². The molecule has 0 spiro atoms. The van der Waals surface area contributed by atoms with Crippen LogP contribution in [-0.4, -0.2) is 21.0 Å². The summed E-state index contributed by atoms with van der Waals surface area (Å²) in [7, 11) is 0. The van der Waals surface area contributed by atoms with Crippen LogP contribution in [-0.2, 0) is 0 Å². The van der Waals surface area contributed by atoms with Crippen LogP contribution < -0.4 is 0 Å². The minimum atomic E-state index is -1.01. The number of fused-ring (bicyclic) bond motifs is 3. The standard InChI is InChI=1S/C12H8N2O2.2C2H6/c15-12(16)10-5-8-7-3-1-2-4-9(7)14-11(8)6-13-10;2*1-2/h1-6,14H,(H,15,16);2*1-2H3. The number of carboxylic acids is 1. The lowest BCUT2D eigenvalue weighted by molar-refractivity contribution is 0.0691. The molecule has 2 aromatic heterocycles. The van der Waals surface area contributed by atoms with Gasteiger partial charge in [-0.25, -0.2) is 9.78 Å². The third kappa shape index (κ3) is 2.96. The Morgan fingerprint density at radius 3 is 2.35 bits per heavy atom. The minimum Gasteiger partial charge on any atom is -0.477 e. The van der Waals surface area contributed by atoms with Crippen molar-refractivity contribution >= 4 is 27.8 Å². The highest BCUT2D eigenvalue weighted by Crippen LogP contribution is 2.24. The van der Waals surface area contributed by atoms with Crippen molar-refractivity contribution in [1.29, 1.82) is 0 Å². The molecule has 20 heavy (non-hydrogen) atoms. The Morgan fingerprint density at radius 1 is 1.05 bits per heavy atom. The monoisotopic (exact) mass is 272 g/mol. The van der Waals surface area contributed by atoms with Crippen LogP contribution in [0.2, 0.25) is 0 Å². The predicted octanol–water partition coefficient (Wildman–Crippen LogP) is 4.47. The average molecular weight is 272 g/mol. The van der Waals surface area contributed by atoms with E-state index < -0.39 is 5.97 Å². The van der Waals surface area contributed by atoms with Gasteiger partial charge in [0.15, 0.2) is 0 Å². The molecule has 0 atom stereocenters. The van der Waals surface area contributed by atoms with Crippen molar-refractivity contribution in [3.05, 3.63) is 42.2 Å². The molecule has 3 rings (SSSR count). The fraction of sp³-hybridized carbons (Fsp3) is 0.250. The lowest BCUT2D eigenvalue weighted by Crippen LogP contribution is -1.98. The van der Waals surface area contributed by atoms with Crippen LogP contribution >= 0.6 is 0 Å². The van der Waals surface area contributed by atoms with Gasteiger partial charge in [-0.05, 0) is 12.1 Å². The molecular formula is C16H20N2O2. The lowest BCUT2D eigenvalue weighted by atomic mass is 10.1. The Bertz CT molecular complexity index is 702. The molecule has 2 heterocycles. The molecule has 0 aliphatic carbocycles. The van der Waals surface area contributed by atoms with Gasteiger partial charge in [0.1, 0.15) is 5.69 Å². The SMILES string of the molecule is CC.CC.O=C(O)c1cc2c(cn1)[nH]c1ccccc12. The van der Waals surface area contributed by atoms with Crippen LogP contribution in [0.25, 0.3) is 21.8 Å². The minimum absolute atomic E-state index is 0.0669. The number of aromatic amines is 1. The van der Waals surface area contributed by atoms with E-state index in [1.165, 1.54) is 0 Å². The van der Waals surface area contributed by atoms with Crippen molar-refractivity contribution in [2.75, 3.05) is 0 Å². The van der Waals surface area contributed by atoms with E-state index in [0.717, 1.165) is 21.8 Å². The summed E-state index contributed by atoms with van der Waals surface area (Å²) in [5, 5.41) is 10.8. The fourth-order valence-corrected chi connectivity index (χ4v) is 1.87. The van der Waals surface area contributed by atoms with Crippen molar-refractivity contribution in [2.24, 2.45) is 0 Å². The Labute approximate surface area is 118 Å². The molecule has 106 valence electrons. The third-order valence-corrected chi connectivity index (χ3v) is 2.61. The summed E-state index contributed by atoms with van der Waals surface area (Å²) >= 11 is 0. The highest BCUT2D eigenvalue weighted by Gasteiger charge is 2.08. The van der Waals surface area contributed by atoms with Crippen molar-refractivity contribution in [3.8, 4) is 0 Å². The highest BCUT2D eigenvalue weighted by molar-refractivity contribution is 6.08. The van der Waals surface area contributed by atoms with E-state index in [0.29, 0.717) is 0 Å². The number of H-pyrrole nitrogens is 1. The van der Waals surface area contributed by atoms with E-state index in [1.54, 1.807) is 12.3 Å². The van der Waals surface area contributed by atoms with Crippen LogP contribution in [0, 0.1) is 0 Å². The highest BCUT2D eigenvalue weighted by atomic mass is 16.4. The van der Waals surface area contributed by atoms with Gasteiger partial charge in [0.25, 0.3) is 0 Å². The van der Waals surface area contributed by atoms with Crippen LogP contribution in [0.3, 0.4) is 0 Å². The summed E-state index contributed by atoms with van der Waals surface area (Å²) < 4.78 is 0. The molecule has 4 heteroatoms. The molecular weight excluding hydrogens is 252 g/mol. The number of hydrogen-bond donors (Lipinski definition) is 2. The zero-order valence-corrected chi connectivity index (χ0v) is 12.3. The van der Waals surface area contributed by atoms with Gasteiger partial charge in [0, 0.05) is 16.3 Å². The molecule has 0 saturated heterocycles. The van der Waals surface area contributed by atoms with Gasteiger partial charge in [0.2, 0.25) is 0 Å². The van der Waals surface area contributed by atoms with Gasteiger partial charge in [-0.2, -0.15) is 0 Å². The average Bonchev–Trinajstić information content (AvgIpc) is 2.89. The first-order chi connectivity index (χ1) is 9.75. The molecule has 3 aromatic rings. The Hall–Kier alpha value is -2.36. The summed E-state index contributed by atoms with van der Waals surface area (Å²) in [4.78, 5) is 17.9. The summed E-state index contributed by atoms with van der Waals surface area (Å²) in [6.07, 6.45) is 1.55. The summed E-state index contributed by atoms with van der Waals surface area (Å²) in [5.41, 5.74) is 1.91. The van der Waals surface area contributed by atoms with E-state index in [1.807, 2.05) is 52.0 Å². The largest absolute Gasteiger partial charge is 0.477 e. The van der Waals surface area contributed by atoms with Crippen molar-refractivity contribution in [1.82, 2.24) is 9.97 Å². The number of nitrogens with zero attached hydrogens (tertiary/aromatic N) is 1.